The number of nitrogens with zero attached hydrogens (tertiary/aromatic N) is 4. The number of hydrogen-bond donors (Lipinski definition) is 0. The molecular formula is C21H22N4OS. The van der Waals surface area contributed by atoms with Gasteiger partial charge in [-0.15, -0.1) is 10.2 Å². The van der Waals surface area contributed by atoms with Crippen LogP contribution in [0, 0.1) is 12.8 Å². The minimum atomic E-state index is -0.0758. The van der Waals surface area contributed by atoms with Gasteiger partial charge in [-0.1, -0.05) is 55.4 Å². The zero-order valence-electron chi connectivity index (χ0n) is 15.7. The number of thioether (sulfide) groups is 1. The van der Waals surface area contributed by atoms with Crippen LogP contribution in [0.4, 0.5) is 0 Å². The summed E-state index contributed by atoms with van der Waals surface area (Å²) in [6, 6.07) is 15.6. The molecule has 0 bridgehead atoms. The van der Waals surface area contributed by atoms with Crippen LogP contribution in [-0.2, 0) is 0 Å². The van der Waals surface area contributed by atoms with Crippen molar-refractivity contribution in [3.63, 3.8) is 0 Å². The Hall–Kier alpha value is -2.60. The van der Waals surface area contributed by atoms with E-state index in [-0.39, 0.29) is 5.56 Å². The van der Waals surface area contributed by atoms with Gasteiger partial charge < -0.3 is 0 Å². The molecule has 2 aromatic heterocycles. The van der Waals surface area contributed by atoms with Gasteiger partial charge in [-0.25, -0.2) is 4.57 Å². The number of aryl methyl sites for hydroxylation is 1. The van der Waals surface area contributed by atoms with E-state index in [4.69, 9.17) is 0 Å². The molecule has 0 aliphatic heterocycles. The number of fused-ring (bicyclic) bond motifs is 3. The van der Waals surface area contributed by atoms with Crippen molar-refractivity contribution >= 4 is 28.4 Å². The molecule has 0 aliphatic rings. The van der Waals surface area contributed by atoms with Gasteiger partial charge in [0.15, 0.2) is 5.16 Å². The summed E-state index contributed by atoms with van der Waals surface area (Å²) in [4.78, 5) is 13.2. The van der Waals surface area contributed by atoms with Crippen LogP contribution >= 0.6 is 11.8 Å². The van der Waals surface area contributed by atoms with Crippen molar-refractivity contribution in [3.8, 4) is 5.69 Å². The van der Waals surface area contributed by atoms with E-state index in [0.717, 1.165) is 34.1 Å². The fraction of sp³-hybridized carbons (Fsp3) is 0.286. The minimum Gasteiger partial charge on any atom is -0.268 e. The molecular weight excluding hydrogens is 356 g/mol. The second-order valence-corrected chi connectivity index (χ2v) is 8.20. The van der Waals surface area contributed by atoms with Crippen molar-refractivity contribution in [2.24, 2.45) is 5.92 Å². The Balaban J connectivity index is 1.97. The molecule has 0 atom stereocenters. The Morgan fingerprint density at radius 2 is 1.78 bits per heavy atom. The SMILES string of the molecule is Cc1ccc(-n2c(=O)c3ccccc3n3c(SCCC(C)C)nnc23)cc1. The summed E-state index contributed by atoms with van der Waals surface area (Å²) in [6.07, 6.45) is 1.11. The molecule has 0 radical (unpaired) electrons. The normalized spacial score (nSPS) is 11.7. The van der Waals surface area contributed by atoms with Crippen LogP contribution in [0.5, 0.6) is 0 Å². The topological polar surface area (TPSA) is 52.2 Å². The van der Waals surface area contributed by atoms with Gasteiger partial charge in [0.2, 0.25) is 5.78 Å². The summed E-state index contributed by atoms with van der Waals surface area (Å²) in [5, 5.41) is 10.3. The first-order chi connectivity index (χ1) is 13.1. The first-order valence-electron chi connectivity index (χ1n) is 9.15. The van der Waals surface area contributed by atoms with Crippen LogP contribution in [0.25, 0.3) is 22.4 Å². The second-order valence-electron chi connectivity index (χ2n) is 7.14. The average Bonchev–Trinajstić information content (AvgIpc) is 3.07. The lowest BCUT2D eigenvalue weighted by Gasteiger charge is -2.11. The molecule has 0 N–H and O–H groups in total. The van der Waals surface area contributed by atoms with Crippen molar-refractivity contribution in [1.82, 2.24) is 19.2 Å². The van der Waals surface area contributed by atoms with Gasteiger partial charge in [-0.2, -0.15) is 0 Å². The Morgan fingerprint density at radius 1 is 1.04 bits per heavy atom. The first-order valence-corrected chi connectivity index (χ1v) is 10.1. The lowest BCUT2D eigenvalue weighted by atomic mass is 10.2. The summed E-state index contributed by atoms with van der Waals surface area (Å²) in [6.45, 7) is 6.46. The van der Waals surface area contributed by atoms with Crippen molar-refractivity contribution in [2.75, 3.05) is 5.75 Å². The van der Waals surface area contributed by atoms with Crippen LogP contribution in [0.3, 0.4) is 0 Å². The quantitative estimate of drug-likeness (QED) is 0.481. The third-order valence-corrected chi connectivity index (χ3v) is 5.58. The first kappa shape index (κ1) is 17.8. The Morgan fingerprint density at radius 3 is 2.52 bits per heavy atom. The smallest absolute Gasteiger partial charge is 0.267 e. The Labute approximate surface area is 162 Å². The standard InChI is InChI=1S/C21H22N4OS/c1-14(2)12-13-27-21-23-22-20-24(16-10-8-15(3)9-11-16)19(26)17-6-4-5-7-18(17)25(20)21/h4-11,14H,12-13H2,1-3H3. The van der Waals surface area contributed by atoms with Crippen molar-refractivity contribution < 1.29 is 0 Å². The Bertz CT molecular complexity index is 1160. The molecule has 0 saturated carbocycles. The van der Waals surface area contributed by atoms with Crippen LogP contribution in [0.1, 0.15) is 25.8 Å². The number of hydrogen-bond acceptors (Lipinski definition) is 4. The number of rotatable bonds is 5. The van der Waals surface area contributed by atoms with Gasteiger partial charge in [0, 0.05) is 5.75 Å². The number of para-hydroxylation sites is 1. The molecule has 0 saturated heterocycles. The molecule has 0 aliphatic carbocycles. The lowest BCUT2D eigenvalue weighted by Crippen LogP contribution is -2.21. The van der Waals surface area contributed by atoms with Gasteiger partial charge in [0.1, 0.15) is 0 Å². The van der Waals surface area contributed by atoms with E-state index < -0.39 is 0 Å². The van der Waals surface area contributed by atoms with Crippen LogP contribution in [0.2, 0.25) is 0 Å². The third-order valence-electron chi connectivity index (χ3n) is 4.61. The van der Waals surface area contributed by atoms with Crippen molar-refractivity contribution in [2.45, 2.75) is 32.3 Å². The van der Waals surface area contributed by atoms with E-state index in [0.29, 0.717) is 17.1 Å². The van der Waals surface area contributed by atoms with E-state index in [1.807, 2.05) is 59.9 Å². The molecule has 2 aromatic carbocycles. The fourth-order valence-electron chi connectivity index (χ4n) is 3.08. The zero-order valence-corrected chi connectivity index (χ0v) is 16.5. The molecule has 4 aromatic rings. The molecule has 6 heteroatoms. The van der Waals surface area contributed by atoms with Crippen LogP contribution in [-0.4, -0.2) is 24.9 Å². The van der Waals surface area contributed by atoms with Crippen molar-refractivity contribution in [3.05, 3.63) is 64.4 Å². The van der Waals surface area contributed by atoms with Gasteiger partial charge >= 0.3 is 0 Å². The highest BCUT2D eigenvalue weighted by molar-refractivity contribution is 7.99. The van der Waals surface area contributed by atoms with Gasteiger partial charge in [0.05, 0.1) is 16.6 Å². The predicted molar refractivity (Wildman–Crippen MR) is 111 cm³/mol. The molecule has 0 spiro atoms. The fourth-order valence-corrected chi connectivity index (χ4v) is 4.26. The van der Waals surface area contributed by atoms with Crippen LogP contribution < -0.4 is 5.56 Å². The van der Waals surface area contributed by atoms with Gasteiger partial charge in [-0.05, 0) is 43.5 Å². The van der Waals surface area contributed by atoms with Crippen LogP contribution in [0.15, 0.2) is 58.5 Å². The van der Waals surface area contributed by atoms with E-state index in [1.165, 1.54) is 0 Å². The maximum atomic E-state index is 13.2. The summed E-state index contributed by atoms with van der Waals surface area (Å²) in [7, 11) is 0. The molecule has 0 amide bonds. The second kappa shape index (κ2) is 7.19. The number of benzene rings is 2. The molecule has 138 valence electrons. The highest BCUT2D eigenvalue weighted by atomic mass is 32.2. The summed E-state index contributed by atoms with van der Waals surface area (Å²) in [5.74, 6) is 2.16. The third kappa shape index (κ3) is 3.25. The van der Waals surface area contributed by atoms with Gasteiger partial charge in [-0.3, -0.25) is 9.20 Å². The monoisotopic (exact) mass is 378 g/mol. The van der Waals surface area contributed by atoms with E-state index in [1.54, 1.807) is 16.3 Å². The molecule has 0 fully saturated rings. The maximum Gasteiger partial charge on any atom is 0.267 e. The average molecular weight is 379 g/mol. The molecule has 4 rings (SSSR count). The van der Waals surface area contributed by atoms with Crippen molar-refractivity contribution in [1.29, 1.82) is 0 Å². The number of aromatic nitrogens is 4. The highest BCUT2D eigenvalue weighted by Gasteiger charge is 2.17. The van der Waals surface area contributed by atoms with Gasteiger partial charge in [0.25, 0.3) is 5.56 Å². The minimum absolute atomic E-state index is 0.0758. The van der Waals surface area contributed by atoms with E-state index in [2.05, 4.69) is 24.0 Å². The summed E-state index contributed by atoms with van der Waals surface area (Å²) < 4.78 is 3.66. The summed E-state index contributed by atoms with van der Waals surface area (Å²) >= 11 is 1.69. The van der Waals surface area contributed by atoms with E-state index >= 15 is 0 Å². The largest absolute Gasteiger partial charge is 0.268 e. The Kier molecular flexibility index (Phi) is 4.74. The predicted octanol–water partition coefficient (Wildman–Crippen LogP) is 4.48. The highest BCUT2D eigenvalue weighted by Crippen LogP contribution is 2.24. The molecule has 0 unspecified atom stereocenters. The maximum absolute atomic E-state index is 13.2. The molecule has 5 nitrogen and oxygen atoms in total. The lowest BCUT2D eigenvalue weighted by molar-refractivity contribution is 0.631. The molecule has 2 heterocycles. The molecule has 27 heavy (non-hydrogen) atoms. The van der Waals surface area contributed by atoms with E-state index in [9.17, 15) is 4.79 Å². The summed E-state index contributed by atoms with van der Waals surface area (Å²) in [5.41, 5.74) is 2.72. The zero-order chi connectivity index (χ0) is 19.0.